The molecule has 0 radical (unpaired) electrons. The van der Waals surface area contributed by atoms with Crippen molar-refractivity contribution >= 4 is 22.0 Å². The highest BCUT2D eigenvalue weighted by Crippen LogP contribution is 2.26. The molecule has 1 aliphatic rings. The predicted octanol–water partition coefficient (Wildman–Crippen LogP) is 1.93. The van der Waals surface area contributed by atoms with Gasteiger partial charge in [0, 0.05) is 13.2 Å². The maximum atomic E-state index is 12.8. The van der Waals surface area contributed by atoms with E-state index in [2.05, 4.69) is 4.72 Å². The first-order valence-corrected chi connectivity index (χ1v) is 10.3. The molecular formula is C18H25NO7S. The van der Waals surface area contributed by atoms with E-state index in [-0.39, 0.29) is 29.7 Å². The summed E-state index contributed by atoms with van der Waals surface area (Å²) in [6.07, 6.45) is 1.78. The Kier molecular flexibility index (Phi) is 7.34. The van der Waals surface area contributed by atoms with Crippen molar-refractivity contribution in [2.75, 3.05) is 13.7 Å². The molecule has 0 aliphatic heterocycles. The van der Waals surface area contributed by atoms with Gasteiger partial charge in [0.15, 0.2) is 0 Å². The number of aliphatic carboxylic acids is 1. The highest BCUT2D eigenvalue weighted by atomic mass is 32.2. The predicted molar refractivity (Wildman–Crippen MR) is 96.8 cm³/mol. The molecule has 27 heavy (non-hydrogen) atoms. The summed E-state index contributed by atoms with van der Waals surface area (Å²) >= 11 is 0. The summed E-state index contributed by atoms with van der Waals surface area (Å²) in [7, 11) is -2.39. The first-order valence-electron chi connectivity index (χ1n) is 8.82. The molecule has 0 bridgehead atoms. The van der Waals surface area contributed by atoms with Crippen LogP contribution in [-0.4, -0.2) is 45.2 Å². The van der Waals surface area contributed by atoms with E-state index in [0.717, 1.165) is 0 Å². The first-order chi connectivity index (χ1) is 12.8. The van der Waals surface area contributed by atoms with Gasteiger partial charge in [-0.25, -0.2) is 17.9 Å². The molecule has 0 amide bonds. The summed E-state index contributed by atoms with van der Waals surface area (Å²) in [6, 6.07) is 3.95. The normalized spacial score (nSPS) is 20.2. The van der Waals surface area contributed by atoms with Gasteiger partial charge in [0.1, 0.15) is 0 Å². The molecular weight excluding hydrogens is 374 g/mol. The van der Waals surface area contributed by atoms with Gasteiger partial charge < -0.3 is 14.6 Å². The SMILES string of the molecule is CCOC(=O)c1cc(COC)cc(S(=O)(=O)NC2CCC(C(=O)O)CC2)c1. The van der Waals surface area contributed by atoms with Crippen LogP contribution in [0, 0.1) is 5.92 Å². The quantitative estimate of drug-likeness (QED) is 0.641. The van der Waals surface area contributed by atoms with E-state index < -0.39 is 27.9 Å². The number of ether oxygens (including phenoxy) is 2. The maximum absolute atomic E-state index is 12.8. The van der Waals surface area contributed by atoms with E-state index in [1.165, 1.54) is 19.2 Å². The largest absolute Gasteiger partial charge is 0.481 e. The molecule has 8 nitrogen and oxygen atoms in total. The number of esters is 1. The van der Waals surface area contributed by atoms with Crippen molar-refractivity contribution in [2.24, 2.45) is 5.92 Å². The zero-order chi connectivity index (χ0) is 20.0. The topological polar surface area (TPSA) is 119 Å². The number of rotatable bonds is 8. The summed E-state index contributed by atoms with van der Waals surface area (Å²) in [5.74, 6) is -1.87. The maximum Gasteiger partial charge on any atom is 0.338 e. The second-order valence-electron chi connectivity index (χ2n) is 6.53. The van der Waals surface area contributed by atoms with Crippen molar-refractivity contribution in [3.8, 4) is 0 Å². The first kappa shape index (κ1) is 21.3. The van der Waals surface area contributed by atoms with Gasteiger partial charge in [-0.15, -0.1) is 0 Å². The van der Waals surface area contributed by atoms with Crippen LogP contribution in [0.1, 0.15) is 48.5 Å². The average Bonchev–Trinajstić information content (AvgIpc) is 2.62. The van der Waals surface area contributed by atoms with Crippen molar-refractivity contribution in [3.63, 3.8) is 0 Å². The minimum Gasteiger partial charge on any atom is -0.481 e. The summed E-state index contributed by atoms with van der Waals surface area (Å²) in [5.41, 5.74) is 0.680. The summed E-state index contributed by atoms with van der Waals surface area (Å²) in [5, 5.41) is 9.05. The number of nitrogens with one attached hydrogen (secondary N) is 1. The van der Waals surface area contributed by atoms with Gasteiger partial charge in [-0.3, -0.25) is 4.79 Å². The molecule has 1 aliphatic carbocycles. The Hall–Kier alpha value is -1.97. The third-order valence-corrected chi connectivity index (χ3v) is 6.00. The lowest BCUT2D eigenvalue weighted by atomic mass is 9.87. The Labute approximate surface area is 158 Å². The molecule has 2 N–H and O–H groups in total. The number of carbonyl (C=O) groups excluding carboxylic acids is 1. The number of methoxy groups -OCH3 is 1. The highest BCUT2D eigenvalue weighted by Gasteiger charge is 2.29. The van der Waals surface area contributed by atoms with E-state index >= 15 is 0 Å². The number of carboxylic acid groups (broad SMARTS) is 1. The molecule has 0 atom stereocenters. The number of sulfonamides is 1. The van der Waals surface area contributed by atoms with Crippen LogP contribution in [0.4, 0.5) is 0 Å². The van der Waals surface area contributed by atoms with Gasteiger partial charge in [-0.05, 0) is 56.4 Å². The monoisotopic (exact) mass is 399 g/mol. The van der Waals surface area contributed by atoms with Gasteiger partial charge in [-0.2, -0.15) is 0 Å². The van der Waals surface area contributed by atoms with Gasteiger partial charge in [0.2, 0.25) is 10.0 Å². The van der Waals surface area contributed by atoms with Gasteiger partial charge in [0.05, 0.1) is 29.6 Å². The van der Waals surface area contributed by atoms with Crippen molar-refractivity contribution in [3.05, 3.63) is 29.3 Å². The molecule has 0 spiro atoms. The molecule has 0 aromatic heterocycles. The molecule has 1 fully saturated rings. The minimum absolute atomic E-state index is 0.0412. The third kappa shape index (κ3) is 5.75. The lowest BCUT2D eigenvalue weighted by molar-refractivity contribution is -0.142. The standard InChI is InChI=1S/C18H25NO7S/c1-3-26-18(22)14-8-12(11-25-2)9-16(10-14)27(23,24)19-15-6-4-13(5-7-15)17(20)21/h8-10,13,15,19H,3-7,11H2,1-2H3,(H,20,21). The van der Waals surface area contributed by atoms with Crippen molar-refractivity contribution in [1.82, 2.24) is 4.72 Å². The number of benzene rings is 1. The third-order valence-electron chi connectivity index (χ3n) is 4.50. The van der Waals surface area contributed by atoms with Crippen LogP contribution >= 0.6 is 0 Å². The fourth-order valence-corrected chi connectivity index (χ4v) is 4.54. The van der Waals surface area contributed by atoms with Crippen molar-refractivity contribution < 1.29 is 32.6 Å². The molecule has 1 aromatic rings. The molecule has 0 heterocycles. The van der Waals surface area contributed by atoms with Crippen LogP contribution in [0.3, 0.4) is 0 Å². The number of carbonyl (C=O) groups is 2. The Morgan fingerprint density at radius 1 is 1.19 bits per heavy atom. The molecule has 150 valence electrons. The zero-order valence-corrected chi connectivity index (χ0v) is 16.3. The fraction of sp³-hybridized carbons (Fsp3) is 0.556. The number of hydrogen-bond donors (Lipinski definition) is 2. The minimum atomic E-state index is -3.87. The van der Waals surface area contributed by atoms with E-state index in [9.17, 15) is 18.0 Å². The van der Waals surface area contributed by atoms with Crippen LogP contribution in [0.5, 0.6) is 0 Å². The molecule has 9 heteroatoms. The van der Waals surface area contributed by atoms with Crippen LogP contribution in [0.25, 0.3) is 0 Å². The summed E-state index contributed by atoms with van der Waals surface area (Å²) < 4.78 is 38.2. The van der Waals surface area contributed by atoms with E-state index in [4.69, 9.17) is 14.6 Å². The van der Waals surface area contributed by atoms with E-state index in [1.54, 1.807) is 13.0 Å². The lowest BCUT2D eigenvalue weighted by Gasteiger charge is -2.26. The Bertz CT molecular complexity index is 783. The van der Waals surface area contributed by atoms with Crippen molar-refractivity contribution in [2.45, 2.75) is 50.2 Å². The van der Waals surface area contributed by atoms with Gasteiger partial charge in [0.25, 0.3) is 0 Å². The molecule has 2 rings (SSSR count). The van der Waals surface area contributed by atoms with E-state index in [1.807, 2.05) is 0 Å². The van der Waals surface area contributed by atoms with Crippen molar-refractivity contribution in [1.29, 1.82) is 0 Å². The molecule has 0 unspecified atom stereocenters. The van der Waals surface area contributed by atoms with Crippen LogP contribution in [-0.2, 0) is 30.9 Å². The average molecular weight is 399 g/mol. The summed E-state index contributed by atoms with van der Waals surface area (Å²) in [4.78, 5) is 23.0. The Balaban J connectivity index is 2.21. The second kappa shape index (κ2) is 9.29. The highest BCUT2D eigenvalue weighted by molar-refractivity contribution is 7.89. The lowest BCUT2D eigenvalue weighted by Crippen LogP contribution is -2.38. The second-order valence-corrected chi connectivity index (χ2v) is 8.24. The molecule has 1 aromatic carbocycles. The van der Waals surface area contributed by atoms with Crippen LogP contribution < -0.4 is 4.72 Å². The zero-order valence-electron chi connectivity index (χ0n) is 15.4. The van der Waals surface area contributed by atoms with Crippen LogP contribution in [0.2, 0.25) is 0 Å². The number of hydrogen-bond acceptors (Lipinski definition) is 6. The van der Waals surface area contributed by atoms with Gasteiger partial charge in [-0.1, -0.05) is 0 Å². The Morgan fingerprint density at radius 2 is 1.85 bits per heavy atom. The molecule has 1 saturated carbocycles. The summed E-state index contributed by atoms with van der Waals surface area (Å²) in [6.45, 7) is 2.00. The van der Waals surface area contributed by atoms with E-state index in [0.29, 0.717) is 31.2 Å². The van der Waals surface area contributed by atoms with Gasteiger partial charge >= 0.3 is 11.9 Å². The smallest absolute Gasteiger partial charge is 0.338 e. The Morgan fingerprint density at radius 3 is 2.41 bits per heavy atom. The fourth-order valence-electron chi connectivity index (χ4n) is 3.14. The van der Waals surface area contributed by atoms with Crippen LogP contribution in [0.15, 0.2) is 23.1 Å². The number of carboxylic acids is 1. The molecule has 0 saturated heterocycles.